The van der Waals surface area contributed by atoms with Crippen LogP contribution in [0.25, 0.3) is 0 Å². The normalized spacial score (nSPS) is 13.1. The molecule has 0 aliphatic heterocycles. The molecule has 1 atom stereocenters. The summed E-state index contributed by atoms with van der Waals surface area (Å²) in [6, 6.07) is 2.37. The summed E-state index contributed by atoms with van der Waals surface area (Å²) in [5.74, 6) is 0. The minimum absolute atomic E-state index is 0.209. The fourth-order valence-electron chi connectivity index (χ4n) is 2.09. The Bertz CT molecular complexity index is 522. The molecule has 2 heterocycles. The van der Waals surface area contributed by atoms with Crippen LogP contribution in [0.5, 0.6) is 0 Å². The minimum Gasteiger partial charge on any atom is -0.329 e. The van der Waals surface area contributed by atoms with Gasteiger partial charge in [-0.15, -0.1) is 11.3 Å². The molecule has 0 radical (unpaired) electrons. The highest BCUT2D eigenvalue weighted by atomic mass is 79.9. The van der Waals surface area contributed by atoms with Crippen LogP contribution < -0.4 is 5.73 Å². The highest BCUT2D eigenvalue weighted by Gasteiger charge is 2.17. The standard InChI is InChI=1S/C13H19BrN4S/c1-3-18-7-10(6-16-18)13(5-15)17(2)8-12-4-11(14)9-19-12/h4,6-7,9,13H,3,5,8,15H2,1-2H3. The Morgan fingerprint density at radius 1 is 1.58 bits per heavy atom. The van der Waals surface area contributed by atoms with Crippen molar-refractivity contribution in [3.63, 3.8) is 0 Å². The predicted octanol–water partition coefficient (Wildman–Crippen LogP) is 2.86. The molecule has 0 amide bonds. The quantitative estimate of drug-likeness (QED) is 0.877. The van der Waals surface area contributed by atoms with E-state index in [0.29, 0.717) is 6.54 Å². The summed E-state index contributed by atoms with van der Waals surface area (Å²) < 4.78 is 3.08. The summed E-state index contributed by atoms with van der Waals surface area (Å²) in [4.78, 5) is 3.60. The van der Waals surface area contributed by atoms with Crippen molar-refractivity contribution in [2.45, 2.75) is 26.1 Å². The van der Waals surface area contributed by atoms with Gasteiger partial charge in [-0.1, -0.05) is 0 Å². The number of rotatable bonds is 6. The number of aryl methyl sites for hydroxylation is 1. The van der Waals surface area contributed by atoms with Gasteiger partial charge in [-0.3, -0.25) is 9.58 Å². The number of halogens is 1. The van der Waals surface area contributed by atoms with Crippen molar-refractivity contribution in [3.8, 4) is 0 Å². The van der Waals surface area contributed by atoms with E-state index in [-0.39, 0.29) is 6.04 Å². The molecular weight excluding hydrogens is 324 g/mol. The number of nitrogens with zero attached hydrogens (tertiary/aromatic N) is 3. The van der Waals surface area contributed by atoms with Crippen molar-refractivity contribution in [2.75, 3.05) is 13.6 Å². The van der Waals surface area contributed by atoms with E-state index in [1.807, 2.05) is 10.9 Å². The lowest BCUT2D eigenvalue weighted by Crippen LogP contribution is -2.29. The highest BCUT2D eigenvalue weighted by Crippen LogP contribution is 2.24. The topological polar surface area (TPSA) is 47.1 Å². The molecule has 0 bridgehead atoms. The molecule has 0 spiro atoms. The van der Waals surface area contributed by atoms with Gasteiger partial charge in [0.05, 0.1) is 12.2 Å². The molecule has 104 valence electrons. The third kappa shape index (κ3) is 3.66. The van der Waals surface area contributed by atoms with Gasteiger partial charge in [0.15, 0.2) is 0 Å². The number of aromatic nitrogens is 2. The zero-order valence-electron chi connectivity index (χ0n) is 11.2. The van der Waals surface area contributed by atoms with Gasteiger partial charge in [-0.2, -0.15) is 5.10 Å². The fraction of sp³-hybridized carbons (Fsp3) is 0.462. The summed E-state index contributed by atoms with van der Waals surface area (Å²) in [5.41, 5.74) is 7.11. The van der Waals surface area contributed by atoms with E-state index in [1.54, 1.807) is 11.3 Å². The second-order valence-corrected chi connectivity index (χ2v) is 6.44. The van der Waals surface area contributed by atoms with E-state index in [2.05, 4.69) is 57.5 Å². The van der Waals surface area contributed by atoms with Gasteiger partial charge in [-0.25, -0.2) is 0 Å². The highest BCUT2D eigenvalue weighted by molar-refractivity contribution is 9.10. The molecule has 0 saturated heterocycles. The average molecular weight is 343 g/mol. The molecule has 0 fully saturated rings. The Kier molecular flexibility index (Phi) is 5.15. The van der Waals surface area contributed by atoms with Crippen molar-refractivity contribution < 1.29 is 0 Å². The molecule has 6 heteroatoms. The smallest absolute Gasteiger partial charge is 0.0538 e. The predicted molar refractivity (Wildman–Crippen MR) is 83.2 cm³/mol. The van der Waals surface area contributed by atoms with Crippen LogP contribution >= 0.6 is 27.3 Å². The minimum atomic E-state index is 0.209. The van der Waals surface area contributed by atoms with Gasteiger partial charge >= 0.3 is 0 Å². The van der Waals surface area contributed by atoms with Crippen LogP contribution in [-0.2, 0) is 13.1 Å². The largest absolute Gasteiger partial charge is 0.329 e. The lowest BCUT2D eigenvalue weighted by molar-refractivity contribution is 0.243. The van der Waals surface area contributed by atoms with E-state index in [1.165, 1.54) is 10.4 Å². The first-order valence-electron chi connectivity index (χ1n) is 6.29. The molecule has 0 aromatic carbocycles. The molecule has 4 nitrogen and oxygen atoms in total. The number of hydrogen-bond acceptors (Lipinski definition) is 4. The van der Waals surface area contributed by atoms with Crippen LogP contribution in [0.3, 0.4) is 0 Å². The molecule has 0 aliphatic carbocycles. The van der Waals surface area contributed by atoms with Crippen LogP contribution in [0.1, 0.15) is 23.4 Å². The maximum absolute atomic E-state index is 5.93. The lowest BCUT2D eigenvalue weighted by atomic mass is 10.1. The first-order chi connectivity index (χ1) is 9.13. The van der Waals surface area contributed by atoms with E-state index < -0.39 is 0 Å². The van der Waals surface area contributed by atoms with Crippen molar-refractivity contribution in [2.24, 2.45) is 5.73 Å². The third-order valence-electron chi connectivity index (χ3n) is 3.14. The summed E-state index contributed by atoms with van der Waals surface area (Å²) in [7, 11) is 2.11. The lowest BCUT2D eigenvalue weighted by Gasteiger charge is -2.25. The Balaban J connectivity index is 2.08. The fourth-order valence-corrected chi connectivity index (χ4v) is 3.60. The first kappa shape index (κ1) is 14.7. The Labute approximate surface area is 126 Å². The molecule has 0 aliphatic rings. The molecule has 0 saturated carbocycles. The van der Waals surface area contributed by atoms with Gasteiger partial charge in [-0.05, 0) is 36.0 Å². The molecule has 2 N–H and O–H groups in total. The second kappa shape index (κ2) is 6.65. The van der Waals surface area contributed by atoms with Crippen molar-refractivity contribution in [1.29, 1.82) is 0 Å². The van der Waals surface area contributed by atoms with E-state index in [4.69, 9.17) is 5.73 Å². The van der Waals surface area contributed by atoms with Gasteiger partial charge in [0.25, 0.3) is 0 Å². The molecule has 2 aromatic heterocycles. The van der Waals surface area contributed by atoms with E-state index in [9.17, 15) is 0 Å². The van der Waals surface area contributed by atoms with Crippen LogP contribution in [-0.4, -0.2) is 28.3 Å². The molecule has 1 unspecified atom stereocenters. The maximum atomic E-state index is 5.93. The van der Waals surface area contributed by atoms with E-state index in [0.717, 1.165) is 17.6 Å². The third-order valence-corrected chi connectivity index (χ3v) is 4.83. The van der Waals surface area contributed by atoms with Crippen molar-refractivity contribution in [1.82, 2.24) is 14.7 Å². The SMILES string of the molecule is CCn1cc(C(CN)N(C)Cc2cc(Br)cs2)cn1. The second-order valence-electron chi connectivity index (χ2n) is 4.53. The first-order valence-corrected chi connectivity index (χ1v) is 7.96. The summed E-state index contributed by atoms with van der Waals surface area (Å²) in [6.07, 6.45) is 4.00. The summed E-state index contributed by atoms with van der Waals surface area (Å²) >= 11 is 5.25. The zero-order chi connectivity index (χ0) is 13.8. The summed E-state index contributed by atoms with van der Waals surface area (Å²) in [5, 5.41) is 6.43. The molecule has 2 aromatic rings. The number of nitrogens with two attached hydrogens (primary N) is 1. The van der Waals surface area contributed by atoms with Crippen LogP contribution in [0.2, 0.25) is 0 Å². The number of thiophene rings is 1. The van der Waals surface area contributed by atoms with Crippen LogP contribution in [0.15, 0.2) is 28.3 Å². The van der Waals surface area contributed by atoms with Gasteiger partial charge < -0.3 is 5.73 Å². The Morgan fingerprint density at radius 2 is 2.37 bits per heavy atom. The zero-order valence-corrected chi connectivity index (χ0v) is 13.6. The molecule has 2 rings (SSSR count). The van der Waals surface area contributed by atoms with Crippen LogP contribution in [0, 0.1) is 0 Å². The van der Waals surface area contributed by atoms with Crippen LogP contribution in [0.4, 0.5) is 0 Å². The number of hydrogen-bond donors (Lipinski definition) is 1. The average Bonchev–Trinajstić information content (AvgIpc) is 3.00. The monoisotopic (exact) mass is 342 g/mol. The molecular formula is C13H19BrN4S. The van der Waals surface area contributed by atoms with Crippen molar-refractivity contribution in [3.05, 3.63) is 38.8 Å². The van der Waals surface area contributed by atoms with Gasteiger partial charge in [0, 0.05) is 46.1 Å². The Hall–Kier alpha value is -0.690. The molecule has 19 heavy (non-hydrogen) atoms. The summed E-state index contributed by atoms with van der Waals surface area (Å²) in [6.45, 7) is 4.47. The van der Waals surface area contributed by atoms with Crippen molar-refractivity contribution >= 4 is 27.3 Å². The van der Waals surface area contributed by atoms with Gasteiger partial charge in [0.1, 0.15) is 0 Å². The number of likely N-dealkylation sites (N-methyl/N-ethyl adjacent to an activating group) is 1. The maximum Gasteiger partial charge on any atom is 0.0538 e. The Morgan fingerprint density at radius 3 is 2.89 bits per heavy atom. The van der Waals surface area contributed by atoms with E-state index >= 15 is 0 Å². The van der Waals surface area contributed by atoms with Gasteiger partial charge in [0.2, 0.25) is 0 Å².